The topological polar surface area (TPSA) is 77.7 Å². The number of nitrogens with two attached hydrogens (primary N) is 1. The quantitative estimate of drug-likeness (QED) is 0.807. The molecule has 0 aliphatic carbocycles. The van der Waals surface area contributed by atoms with Crippen LogP contribution >= 0.6 is 0 Å². The van der Waals surface area contributed by atoms with Crippen molar-refractivity contribution >= 4 is 11.7 Å². The van der Waals surface area contributed by atoms with Gasteiger partial charge in [-0.2, -0.15) is 0 Å². The molecule has 19 heavy (non-hydrogen) atoms. The molecule has 0 saturated carbocycles. The summed E-state index contributed by atoms with van der Waals surface area (Å²) in [5.41, 5.74) is 6.18. The molecule has 6 heteroatoms. The first-order valence-electron chi connectivity index (χ1n) is 5.93. The molecular formula is C13H21N3O3. The second kappa shape index (κ2) is 5.88. The van der Waals surface area contributed by atoms with Crippen molar-refractivity contribution in [3.05, 3.63) is 17.8 Å². The zero-order chi connectivity index (χ0) is 14.6. The molecule has 0 atom stereocenters. The van der Waals surface area contributed by atoms with Crippen molar-refractivity contribution in [2.75, 3.05) is 33.5 Å². The Hall–Kier alpha value is -1.82. The molecule has 1 aromatic heterocycles. The largest absolute Gasteiger partial charge is 0.474 e. The fourth-order valence-electron chi connectivity index (χ4n) is 1.16. The fourth-order valence-corrected chi connectivity index (χ4v) is 1.16. The Morgan fingerprint density at radius 2 is 2.05 bits per heavy atom. The highest BCUT2D eigenvalue weighted by Crippen LogP contribution is 2.21. The van der Waals surface area contributed by atoms with Crippen LogP contribution in [-0.4, -0.2) is 49.2 Å². The van der Waals surface area contributed by atoms with Crippen molar-refractivity contribution in [1.82, 2.24) is 9.88 Å². The Morgan fingerprint density at radius 1 is 1.42 bits per heavy atom. The fraction of sp³-hybridized carbons (Fsp3) is 0.538. The van der Waals surface area contributed by atoms with Gasteiger partial charge in [-0.3, -0.25) is 0 Å². The summed E-state index contributed by atoms with van der Waals surface area (Å²) in [5.74, 6) is -0.269. The molecule has 1 rings (SSSR count). The van der Waals surface area contributed by atoms with Gasteiger partial charge in [-0.05, 0) is 40.1 Å². The van der Waals surface area contributed by atoms with Crippen LogP contribution in [0.2, 0.25) is 0 Å². The molecule has 0 radical (unpaired) electrons. The van der Waals surface area contributed by atoms with Crippen molar-refractivity contribution in [1.29, 1.82) is 0 Å². The normalized spacial score (nSPS) is 11.5. The van der Waals surface area contributed by atoms with Crippen LogP contribution in [0, 0.1) is 0 Å². The SMILES string of the molecule is COC(=O)c1ccc(N)c(OCC(C)(C)N(C)C)n1. The summed E-state index contributed by atoms with van der Waals surface area (Å²) in [4.78, 5) is 17.5. The van der Waals surface area contributed by atoms with Gasteiger partial charge in [0.2, 0.25) is 5.88 Å². The number of aromatic nitrogens is 1. The number of rotatable bonds is 5. The summed E-state index contributed by atoms with van der Waals surface area (Å²) in [6.45, 7) is 4.47. The standard InChI is InChI=1S/C13H21N3O3/c1-13(2,16(3)4)8-19-11-9(14)6-7-10(15-11)12(17)18-5/h6-7H,8,14H2,1-5H3. The number of pyridine rings is 1. The first kappa shape index (κ1) is 15.2. The molecule has 0 saturated heterocycles. The van der Waals surface area contributed by atoms with Crippen molar-refractivity contribution in [2.24, 2.45) is 0 Å². The van der Waals surface area contributed by atoms with E-state index in [0.29, 0.717) is 12.3 Å². The lowest BCUT2D eigenvalue weighted by Gasteiger charge is -2.32. The minimum atomic E-state index is -0.517. The number of esters is 1. The number of carbonyl (C=O) groups excluding carboxylic acids is 1. The third-order valence-corrected chi connectivity index (χ3v) is 3.06. The second-order valence-electron chi connectivity index (χ2n) is 5.08. The molecule has 106 valence electrons. The monoisotopic (exact) mass is 267 g/mol. The van der Waals surface area contributed by atoms with Crippen molar-refractivity contribution in [3.63, 3.8) is 0 Å². The van der Waals surface area contributed by atoms with Crippen LogP contribution in [0.1, 0.15) is 24.3 Å². The van der Waals surface area contributed by atoms with Gasteiger partial charge in [0.1, 0.15) is 6.61 Å². The molecule has 0 aliphatic rings. The average Bonchev–Trinajstić information content (AvgIpc) is 2.36. The molecule has 0 bridgehead atoms. The highest BCUT2D eigenvalue weighted by atomic mass is 16.5. The lowest BCUT2D eigenvalue weighted by Crippen LogP contribution is -2.43. The van der Waals surface area contributed by atoms with Crippen LogP contribution in [0.3, 0.4) is 0 Å². The first-order valence-corrected chi connectivity index (χ1v) is 5.93. The van der Waals surface area contributed by atoms with Gasteiger partial charge in [-0.15, -0.1) is 0 Å². The predicted octanol–water partition coefficient (Wildman–Crippen LogP) is 1.17. The number of ether oxygens (including phenoxy) is 2. The first-order chi connectivity index (χ1) is 8.77. The molecule has 0 aliphatic heterocycles. The molecule has 1 heterocycles. The van der Waals surface area contributed by atoms with Gasteiger partial charge in [-0.25, -0.2) is 9.78 Å². The van der Waals surface area contributed by atoms with Gasteiger partial charge < -0.3 is 20.1 Å². The summed E-state index contributed by atoms with van der Waals surface area (Å²) in [7, 11) is 5.23. The number of carbonyl (C=O) groups is 1. The van der Waals surface area contributed by atoms with Gasteiger partial charge in [-0.1, -0.05) is 0 Å². The summed E-state index contributed by atoms with van der Waals surface area (Å²) < 4.78 is 10.2. The minimum absolute atomic E-state index is 0.171. The van der Waals surface area contributed by atoms with Crippen LogP contribution in [0.25, 0.3) is 0 Å². The third-order valence-electron chi connectivity index (χ3n) is 3.06. The van der Waals surface area contributed by atoms with Crippen LogP contribution < -0.4 is 10.5 Å². The van der Waals surface area contributed by atoms with E-state index in [1.807, 2.05) is 32.8 Å². The summed E-state index contributed by atoms with van der Waals surface area (Å²) in [5, 5.41) is 0. The van der Waals surface area contributed by atoms with Crippen LogP contribution in [0.5, 0.6) is 5.88 Å². The van der Waals surface area contributed by atoms with Crippen LogP contribution in [0.4, 0.5) is 5.69 Å². The maximum absolute atomic E-state index is 11.4. The third kappa shape index (κ3) is 3.82. The van der Waals surface area contributed by atoms with Crippen LogP contribution in [-0.2, 0) is 4.74 Å². The van der Waals surface area contributed by atoms with Crippen molar-refractivity contribution in [2.45, 2.75) is 19.4 Å². The molecule has 1 aromatic rings. The number of methoxy groups -OCH3 is 1. The molecule has 0 aromatic carbocycles. The summed E-state index contributed by atoms with van der Waals surface area (Å²) in [6.07, 6.45) is 0. The van der Waals surface area contributed by atoms with Gasteiger partial charge in [0.15, 0.2) is 5.69 Å². The lowest BCUT2D eigenvalue weighted by atomic mass is 10.1. The van der Waals surface area contributed by atoms with E-state index in [9.17, 15) is 4.79 Å². The number of hydrogen-bond acceptors (Lipinski definition) is 6. The molecule has 0 amide bonds. The zero-order valence-corrected chi connectivity index (χ0v) is 12.1. The molecule has 0 unspecified atom stereocenters. The highest BCUT2D eigenvalue weighted by molar-refractivity contribution is 5.87. The Bertz CT molecular complexity index is 458. The van der Waals surface area contributed by atoms with Gasteiger partial charge in [0.25, 0.3) is 0 Å². The van der Waals surface area contributed by atoms with Gasteiger partial charge in [0, 0.05) is 5.54 Å². The van der Waals surface area contributed by atoms with Crippen LogP contribution in [0.15, 0.2) is 12.1 Å². The average molecular weight is 267 g/mol. The lowest BCUT2D eigenvalue weighted by molar-refractivity contribution is 0.0591. The van der Waals surface area contributed by atoms with E-state index in [2.05, 4.69) is 9.72 Å². The number of anilines is 1. The number of nitrogens with zero attached hydrogens (tertiary/aromatic N) is 2. The zero-order valence-electron chi connectivity index (χ0n) is 12.1. The second-order valence-corrected chi connectivity index (χ2v) is 5.08. The van der Waals surface area contributed by atoms with E-state index >= 15 is 0 Å². The molecule has 0 fully saturated rings. The highest BCUT2D eigenvalue weighted by Gasteiger charge is 2.22. The van der Waals surface area contributed by atoms with E-state index in [4.69, 9.17) is 10.5 Å². The molecule has 0 spiro atoms. The van der Waals surface area contributed by atoms with Gasteiger partial charge >= 0.3 is 5.97 Å². The van der Waals surface area contributed by atoms with Crippen molar-refractivity contribution in [3.8, 4) is 5.88 Å². The Labute approximate surface area is 113 Å². The van der Waals surface area contributed by atoms with E-state index in [0.717, 1.165) is 0 Å². The molecule has 6 nitrogen and oxygen atoms in total. The van der Waals surface area contributed by atoms with E-state index in [1.165, 1.54) is 13.2 Å². The smallest absolute Gasteiger partial charge is 0.356 e. The Balaban J connectivity index is 2.86. The Morgan fingerprint density at radius 3 is 2.58 bits per heavy atom. The molecular weight excluding hydrogens is 246 g/mol. The predicted molar refractivity (Wildman–Crippen MR) is 73.2 cm³/mol. The minimum Gasteiger partial charge on any atom is -0.474 e. The Kier molecular flexibility index (Phi) is 4.72. The maximum atomic E-state index is 11.4. The summed E-state index contributed by atoms with van der Waals surface area (Å²) in [6, 6.07) is 3.09. The number of nitrogen functional groups attached to an aromatic ring is 1. The van der Waals surface area contributed by atoms with Crippen molar-refractivity contribution < 1.29 is 14.3 Å². The van der Waals surface area contributed by atoms with E-state index in [1.54, 1.807) is 6.07 Å². The van der Waals surface area contributed by atoms with Gasteiger partial charge in [0.05, 0.1) is 12.8 Å². The van der Waals surface area contributed by atoms with E-state index < -0.39 is 5.97 Å². The summed E-state index contributed by atoms with van der Waals surface area (Å²) >= 11 is 0. The molecule has 2 N–H and O–H groups in total. The maximum Gasteiger partial charge on any atom is 0.356 e. The number of likely N-dealkylation sites (N-methyl/N-ethyl adjacent to an activating group) is 1. The number of hydrogen-bond donors (Lipinski definition) is 1. The van der Waals surface area contributed by atoms with E-state index in [-0.39, 0.29) is 17.1 Å².